The lowest BCUT2D eigenvalue weighted by Gasteiger charge is -2.37. The molecule has 0 unspecified atom stereocenters. The number of carbonyl (C=O) groups excluding carboxylic acids is 1. The van der Waals surface area contributed by atoms with Gasteiger partial charge in [0.1, 0.15) is 0 Å². The molecule has 0 saturated carbocycles. The van der Waals surface area contributed by atoms with E-state index in [-0.39, 0.29) is 48.5 Å². The molecule has 1 saturated heterocycles. The molecule has 4 heterocycles. The third-order valence-electron chi connectivity index (χ3n) is 6.93. The van der Waals surface area contributed by atoms with Gasteiger partial charge in [-0.3, -0.25) is 4.79 Å². The minimum absolute atomic E-state index is 0.0674. The summed E-state index contributed by atoms with van der Waals surface area (Å²) < 4.78 is 54.3. The van der Waals surface area contributed by atoms with Crippen LogP contribution in [0.15, 0.2) is 52.5 Å². The Morgan fingerprint density at radius 1 is 1.21 bits per heavy atom. The van der Waals surface area contributed by atoms with Gasteiger partial charge in [0.05, 0.1) is 24.3 Å². The van der Waals surface area contributed by atoms with E-state index in [9.17, 15) is 28.2 Å². The highest BCUT2D eigenvalue weighted by Gasteiger charge is 2.38. The highest BCUT2D eigenvalue weighted by Crippen LogP contribution is 2.43. The molecule has 1 atom stereocenters. The quantitative estimate of drug-likeness (QED) is 0.351. The molecule has 2 aromatic carbocycles. The number of nitrogens with zero attached hydrogens (tertiary/aromatic N) is 3. The highest BCUT2D eigenvalue weighted by molar-refractivity contribution is 7.98. The average Bonchev–Trinajstić information content (AvgIpc) is 3.09. The number of hydrogen-bond donors (Lipinski definition) is 0. The Balaban J connectivity index is 1.68. The number of benzene rings is 2. The second-order valence-corrected chi connectivity index (χ2v) is 10.4. The smallest absolute Gasteiger partial charge is 0.416 e. The van der Waals surface area contributed by atoms with Crippen LogP contribution >= 0.6 is 11.8 Å². The van der Waals surface area contributed by atoms with E-state index in [4.69, 9.17) is 9.47 Å². The van der Waals surface area contributed by atoms with Gasteiger partial charge in [-0.2, -0.15) is 13.2 Å². The molecule has 39 heavy (non-hydrogen) atoms. The molecular formula is C27H21F3N3O5S-. The standard InChI is InChI=1S/C27H21F3N3O5S/c1-14(34)38-25-21(35)11-20(33-24(25)26(36)32-8-9-37-12-23(32)31-33)16-6-7-19(27(28,29)30)18-13-39-22-5-3-2-4-15(22)10-17(16)18/h2-7,11,23H,8-10,12-13H2,1H3/q-1/t23-/m0/s1. The molecule has 0 spiro atoms. The molecule has 202 valence electrons. The zero-order chi connectivity index (χ0) is 27.5. The molecule has 0 bridgehead atoms. The number of esters is 1. The van der Waals surface area contributed by atoms with Crippen LogP contribution in [0.2, 0.25) is 0 Å². The third-order valence-corrected chi connectivity index (χ3v) is 8.07. The Labute approximate surface area is 224 Å². The van der Waals surface area contributed by atoms with Crippen LogP contribution < -0.4 is 24.7 Å². The second kappa shape index (κ2) is 9.45. The van der Waals surface area contributed by atoms with Gasteiger partial charge in [-0.15, -0.1) is 11.8 Å². The maximum absolute atomic E-state index is 14.1. The van der Waals surface area contributed by atoms with E-state index < -0.39 is 41.3 Å². The van der Waals surface area contributed by atoms with Gasteiger partial charge >= 0.3 is 12.1 Å². The fourth-order valence-corrected chi connectivity index (χ4v) is 6.34. The Morgan fingerprint density at radius 2 is 2.00 bits per heavy atom. The molecule has 8 nitrogen and oxygen atoms in total. The fourth-order valence-electron chi connectivity index (χ4n) is 5.21. The topological polar surface area (TPSA) is 103 Å². The number of alkyl halides is 3. The van der Waals surface area contributed by atoms with Crippen LogP contribution in [0.4, 0.5) is 13.2 Å². The van der Waals surface area contributed by atoms with Crippen molar-refractivity contribution in [2.75, 3.05) is 19.8 Å². The van der Waals surface area contributed by atoms with Crippen molar-refractivity contribution in [2.45, 2.75) is 36.3 Å². The zero-order valence-electron chi connectivity index (χ0n) is 20.6. The number of fused-ring (bicyclic) bond motifs is 4. The summed E-state index contributed by atoms with van der Waals surface area (Å²) in [5, 5.41) is 31.2. The second-order valence-electron chi connectivity index (χ2n) is 9.34. The normalized spacial score (nSPS) is 18.2. The summed E-state index contributed by atoms with van der Waals surface area (Å²) in [7, 11) is 0. The van der Waals surface area contributed by atoms with Crippen molar-refractivity contribution < 1.29 is 42.0 Å². The molecule has 0 radical (unpaired) electrons. The number of hydrogen-bond acceptors (Lipinski definition) is 8. The molecule has 1 fully saturated rings. The maximum Gasteiger partial charge on any atom is 0.416 e. The SMILES string of the molecule is CC(=O)Oc1c([O-])cc(-c2ccc(C(F)(F)F)c3c2Cc2ccccc2SC3)[n+]2c1=C([O-])N1CCOC[C@H]1N=2. The first-order valence-corrected chi connectivity index (χ1v) is 13.1. The number of morpholine rings is 1. The Bertz CT molecular complexity index is 1640. The van der Waals surface area contributed by atoms with Crippen molar-refractivity contribution in [2.24, 2.45) is 5.11 Å². The first kappa shape index (κ1) is 25.5. The molecule has 0 aliphatic carbocycles. The van der Waals surface area contributed by atoms with Crippen molar-refractivity contribution in [1.29, 1.82) is 0 Å². The lowest BCUT2D eigenvalue weighted by molar-refractivity contribution is -0.569. The molecule has 3 aromatic rings. The van der Waals surface area contributed by atoms with E-state index in [0.29, 0.717) is 11.1 Å². The number of carbonyl (C=O) groups is 1. The number of rotatable bonds is 2. The van der Waals surface area contributed by atoms with Gasteiger partial charge in [0, 0.05) is 36.1 Å². The lowest BCUT2D eigenvalue weighted by atomic mass is 9.90. The van der Waals surface area contributed by atoms with Gasteiger partial charge in [0.2, 0.25) is 11.9 Å². The molecule has 1 aromatic heterocycles. The van der Waals surface area contributed by atoms with Crippen LogP contribution in [-0.2, 0) is 27.9 Å². The Morgan fingerprint density at radius 3 is 2.77 bits per heavy atom. The van der Waals surface area contributed by atoms with Crippen LogP contribution in [0.25, 0.3) is 17.1 Å². The molecular weight excluding hydrogens is 535 g/mol. The monoisotopic (exact) mass is 556 g/mol. The van der Waals surface area contributed by atoms with Crippen molar-refractivity contribution in [3.63, 3.8) is 0 Å². The van der Waals surface area contributed by atoms with Crippen LogP contribution in [0.3, 0.4) is 0 Å². The van der Waals surface area contributed by atoms with E-state index in [1.54, 1.807) is 0 Å². The van der Waals surface area contributed by atoms with Crippen molar-refractivity contribution in [3.05, 3.63) is 70.1 Å². The summed E-state index contributed by atoms with van der Waals surface area (Å²) in [5.74, 6) is -2.52. The average molecular weight is 557 g/mol. The third kappa shape index (κ3) is 4.37. The minimum atomic E-state index is -4.59. The number of ether oxygens (including phenoxy) is 2. The van der Waals surface area contributed by atoms with Crippen molar-refractivity contribution >= 4 is 23.6 Å². The number of aromatic nitrogens is 1. The van der Waals surface area contributed by atoms with E-state index >= 15 is 0 Å². The van der Waals surface area contributed by atoms with Crippen molar-refractivity contribution in [3.8, 4) is 22.8 Å². The lowest BCUT2D eigenvalue weighted by Crippen LogP contribution is -2.59. The molecule has 12 heteroatoms. The van der Waals surface area contributed by atoms with Gasteiger partial charge < -0.3 is 24.6 Å². The van der Waals surface area contributed by atoms with Crippen LogP contribution in [0, 0.1) is 0 Å². The highest BCUT2D eigenvalue weighted by atomic mass is 32.2. The van der Waals surface area contributed by atoms with E-state index in [1.165, 1.54) is 27.1 Å². The first-order chi connectivity index (χ1) is 18.6. The molecule has 6 rings (SSSR count). The Hall–Kier alpha value is -3.77. The summed E-state index contributed by atoms with van der Waals surface area (Å²) in [6.45, 7) is 1.70. The number of thioether (sulfide) groups is 1. The predicted molar refractivity (Wildman–Crippen MR) is 129 cm³/mol. The minimum Gasteiger partial charge on any atom is -0.870 e. The number of halogens is 3. The van der Waals surface area contributed by atoms with Gasteiger partial charge in [-0.05, 0) is 50.8 Å². The van der Waals surface area contributed by atoms with Crippen molar-refractivity contribution in [1.82, 2.24) is 4.90 Å². The molecule has 3 aliphatic heterocycles. The maximum atomic E-state index is 14.1. The van der Waals surface area contributed by atoms with E-state index in [1.807, 2.05) is 24.3 Å². The zero-order valence-corrected chi connectivity index (χ0v) is 21.4. The van der Waals surface area contributed by atoms with Crippen LogP contribution in [0.1, 0.15) is 29.2 Å². The fraction of sp³-hybridized carbons (Fsp3) is 0.296. The summed E-state index contributed by atoms with van der Waals surface area (Å²) in [4.78, 5) is 14.1. The molecule has 0 N–H and O–H groups in total. The van der Waals surface area contributed by atoms with Crippen LogP contribution in [0.5, 0.6) is 11.5 Å². The Kier molecular flexibility index (Phi) is 6.18. The van der Waals surface area contributed by atoms with E-state index in [2.05, 4.69) is 5.11 Å². The molecule has 3 aliphatic rings. The largest absolute Gasteiger partial charge is 0.870 e. The van der Waals surface area contributed by atoms with Gasteiger partial charge in [-0.1, -0.05) is 23.9 Å². The predicted octanol–water partition coefficient (Wildman–Crippen LogP) is 1.98. The van der Waals surface area contributed by atoms with Gasteiger partial charge in [0.15, 0.2) is 5.75 Å². The number of pyridine rings is 1. The summed E-state index contributed by atoms with van der Waals surface area (Å²) in [6.07, 6.45) is -5.12. The summed E-state index contributed by atoms with van der Waals surface area (Å²) in [6, 6.07) is 10.9. The van der Waals surface area contributed by atoms with E-state index in [0.717, 1.165) is 29.5 Å². The van der Waals surface area contributed by atoms with Crippen LogP contribution in [-0.4, -0.2) is 36.8 Å². The molecule has 0 amide bonds. The first-order valence-electron chi connectivity index (χ1n) is 12.1. The van der Waals surface area contributed by atoms with Gasteiger partial charge in [0.25, 0.3) is 5.35 Å². The van der Waals surface area contributed by atoms with Gasteiger partial charge in [-0.25, -0.2) is 0 Å². The summed E-state index contributed by atoms with van der Waals surface area (Å²) >= 11 is 1.32. The summed E-state index contributed by atoms with van der Waals surface area (Å²) in [5.41, 5.74) is 1.07.